The molecule has 0 saturated heterocycles. The Balaban J connectivity index is 1.74. The van der Waals surface area contributed by atoms with E-state index in [-0.39, 0.29) is 0 Å². The van der Waals surface area contributed by atoms with E-state index in [1.54, 1.807) is 11.3 Å². The first kappa shape index (κ1) is 12.9. The Labute approximate surface area is 121 Å². The quantitative estimate of drug-likeness (QED) is 0.732. The number of nitrogens with zero attached hydrogens (tertiary/aromatic N) is 3. The summed E-state index contributed by atoms with van der Waals surface area (Å²) < 4.78 is 5.40. The third kappa shape index (κ3) is 2.72. The van der Waals surface area contributed by atoms with Crippen LogP contribution in [0.25, 0.3) is 11.3 Å². The van der Waals surface area contributed by atoms with E-state index in [1.807, 2.05) is 55.7 Å². The molecule has 0 unspecified atom stereocenters. The Morgan fingerprint density at radius 3 is 2.75 bits per heavy atom. The number of benzene rings is 1. The highest BCUT2D eigenvalue weighted by molar-refractivity contribution is 7.13. The normalized spacial score (nSPS) is 10.7. The average Bonchev–Trinajstić information content (AvgIpc) is 3.09. The van der Waals surface area contributed by atoms with Crippen molar-refractivity contribution in [1.82, 2.24) is 10.1 Å². The Morgan fingerprint density at radius 2 is 2.05 bits per heavy atom. The van der Waals surface area contributed by atoms with E-state index in [9.17, 15) is 0 Å². The van der Waals surface area contributed by atoms with Gasteiger partial charge in [0.15, 0.2) is 10.9 Å². The smallest absolute Gasteiger partial charge is 0.185 e. The summed E-state index contributed by atoms with van der Waals surface area (Å²) >= 11 is 1.63. The van der Waals surface area contributed by atoms with Gasteiger partial charge in [-0.25, -0.2) is 4.98 Å². The summed E-state index contributed by atoms with van der Waals surface area (Å²) in [5.41, 5.74) is 2.97. The molecule has 1 aromatic carbocycles. The van der Waals surface area contributed by atoms with Crippen molar-refractivity contribution in [3.63, 3.8) is 0 Å². The zero-order valence-electron chi connectivity index (χ0n) is 11.4. The van der Waals surface area contributed by atoms with Crippen LogP contribution in [0.1, 0.15) is 11.5 Å². The molecule has 0 atom stereocenters. The fourth-order valence-electron chi connectivity index (χ4n) is 1.95. The van der Waals surface area contributed by atoms with E-state index in [2.05, 4.69) is 15.0 Å². The highest BCUT2D eigenvalue weighted by Gasteiger charge is 2.11. The molecule has 2 aromatic heterocycles. The molecule has 102 valence electrons. The molecule has 0 aliphatic heterocycles. The molecule has 0 saturated carbocycles. The lowest BCUT2D eigenvalue weighted by molar-refractivity contribution is 0.385. The summed E-state index contributed by atoms with van der Waals surface area (Å²) in [6.45, 7) is 2.66. The Hall–Kier alpha value is -2.14. The maximum absolute atomic E-state index is 5.40. The van der Waals surface area contributed by atoms with Gasteiger partial charge >= 0.3 is 0 Å². The van der Waals surface area contributed by atoms with Crippen LogP contribution < -0.4 is 4.90 Å². The largest absolute Gasteiger partial charge is 0.359 e. The standard InChI is InChI=1S/C15H15N3OS/c1-11-10-20-15(16-11)18(2)9-13-8-14(17-19-13)12-6-4-3-5-7-12/h3-8,10H,9H2,1-2H3. The second-order valence-corrected chi connectivity index (χ2v) is 5.51. The van der Waals surface area contributed by atoms with Crippen LogP contribution in [0.5, 0.6) is 0 Å². The van der Waals surface area contributed by atoms with Gasteiger partial charge in [-0.2, -0.15) is 0 Å². The lowest BCUT2D eigenvalue weighted by Gasteiger charge is -2.12. The molecule has 0 N–H and O–H groups in total. The molecule has 0 amide bonds. The topological polar surface area (TPSA) is 42.2 Å². The van der Waals surface area contributed by atoms with Gasteiger partial charge < -0.3 is 9.42 Å². The zero-order chi connectivity index (χ0) is 13.9. The molecule has 4 nitrogen and oxygen atoms in total. The summed E-state index contributed by atoms with van der Waals surface area (Å²) in [6, 6.07) is 12.0. The average molecular weight is 285 g/mol. The third-order valence-corrected chi connectivity index (χ3v) is 4.03. The molecule has 5 heteroatoms. The van der Waals surface area contributed by atoms with Crippen LogP contribution in [0.3, 0.4) is 0 Å². The Bertz CT molecular complexity index is 690. The van der Waals surface area contributed by atoms with Crippen molar-refractivity contribution in [2.45, 2.75) is 13.5 Å². The Kier molecular flexibility index (Phi) is 3.52. The monoisotopic (exact) mass is 285 g/mol. The molecule has 0 spiro atoms. The van der Waals surface area contributed by atoms with Crippen LogP contribution >= 0.6 is 11.3 Å². The van der Waals surface area contributed by atoms with Crippen LogP contribution in [-0.4, -0.2) is 17.2 Å². The number of thiazole rings is 1. The molecule has 3 aromatic rings. The Morgan fingerprint density at radius 1 is 1.25 bits per heavy atom. The van der Waals surface area contributed by atoms with E-state index < -0.39 is 0 Å². The lowest BCUT2D eigenvalue weighted by Crippen LogP contribution is -2.15. The molecular weight excluding hydrogens is 270 g/mol. The maximum atomic E-state index is 5.40. The van der Waals surface area contributed by atoms with Crippen molar-refractivity contribution in [2.75, 3.05) is 11.9 Å². The van der Waals surface area contributed by atoms with Gasteiger partial charge in [-0.1, -0.05) is 35.5 Å². The van der Waals surface area contributed by atoms with E-state index in [4.69, 9.17) is 4.52 Å². The van der Waals surface area contributed by atoms with Crippen molar-refractivity contribution < 1.29 is 4.52 Å². The molecule has 20 heavy (non-hydrogen) atoms. The number of aryl methyl sites for hydroxylation is 1. The van der Waals surface area contributed by atoms with E-state index in [0.717, 1.165) is 27.8 Å². The highest BCUT2D eigenvalue weighted by Crippen LogP contribution is 2.23. The van der Waals surface area contributed by atoms with Gasteiger partial charge in [0.25, 0.3) is 0 Å². The first-order valence-corrected chi connectivity index (χ1v) is 7.24. The van der Waals surface area contributed by atoms with Crippen LogP contribution in [0.4, 0.5) is 5.13 Å². The number of rotatable bonds is 4. The van der Waals surface area contributed by atoms with Gasteiger partial charge in [-0.05, 0) is 6.92 Å². The molecule has 2 heterocycles. The summed E-state index contributed by atoms with van der Waals surface area (Å²) in [7, 11) is 2.00. The minimum absolute atomic E-state index is 0.660. The highest BCUT2D eigenvalue weighted by atomic mass is 32.1. The van der Waals surface area contributed by atoms with Gasteiger partial charge in [-0.15, -0.1) is 11.3 Å². The molecule has 0 aliphatic rings. The second kappa shape index (κ2) is 5.46. The van der Waals surface area contributed by atoms with Gasteiger partial charge in [0.2, 0.25) is 0 Å². The predicted molar refractivity (Wildman–Crippen MR) is 80.9 cm³/mol. The third-order valence-electron chi connectivity index (χ3n) is 2.95. The predicted octanol–water partition coefficient (Wildman–Crippen LogP) is 3.74. The minimum atomic E-state index is 0.660. The first-order valence-electron chi connectivity index (χ1n) is 6.36. The van der Waals surface area contributed by atoms with Gasteiger partial charge in [0, 0.05) is 24.1 Å². The molecular formula is C15H15N3OS. The van der Waals surface area contributed by atoms with Crippen LogP contribution in [0.2, 0.25) is 0 Å². The lowest BCUT2D eigenvalue weighted by atomic mass is 10.1. The van der Waals surface area contributed by atoms with E-state index >= 15 is 0 Å². The summed E-state index contributed by atoms with van der Waals surface area (Å²) in [6.07, 6.45) is 0. The summed E-state index contributed by atoms with van der Waals surface area (Å²) in [5, 5.41) is 7.15. The first-order chi connectivity index (χ1) is 9.72. The molecule has 0 aliphatic carbocycles. The number of hydrogen-bond donors (Lipinski definition) is 0. The van der Waals surface area contributed by atoms with Crippen LogP contribution in [0.15, 0.2) is 46.3 Å². The van der Waals surface area contributed by atoms with Crippen molar-refractivity contribution >= 4 is 16.5 Å². The molecule has 0 bridgehead atoms. The minimum Gasteiger partial charge on any atom is -0.359 e. The van der Waals surface area contributed by atoms with E-state index in [1.165, 1.54) is 0 Å². The number of hydrogen-bond acceptors (Lipinski definition) is 5. The van der Waals surface area contributed by atoms with Gasteiger partial charge in [0.05, 0.1) is 12.2 Å². The SMILES string of the molecule is Cc1csc(N(C)Cc2cc(-c3ccccc3)no2)n1. The van der Waals surface area contributed by atoms with Crippen LogP contribution in [0, 0.1) is 6.92 Å². The molecule has 0 fully saturated rings. The fourth-order valence-corrected chi connectivity index (χ4v) is 2.72. The second-order valence-electron chi connectivity index (χ2n) is 4.67. The maximum Gasteiger partial charge on any atom is 0.185 e. The molecule has 0 radical (unpaired) electrons. The number of anilines is 1. The fraction of sp³-hybridized carbons (Fsp3) is 0.200. The van der Waals surface area contributed by atoms with Crippen LogP contribution in [-0.2, 0) is 6.54 Å². The zero-order valence-corrected chi connectivity index (χ0v) is 12.2. The van der Waals surface area contributed by atoms with Gasteiger partial charge in [-0.3, -0.25) is 0 Å². The van der Waals surface area contributed by atoms with E-state index in [0.29, 0.717) is 6.54 Å². The number of aromatic nitrogens is 2. The molecule has 3 rings (SSSR count). The van der Waals surface area contributed by atoms with Crippen molar-refractivity contribution in [2.24, 2.45) is 0 Å². The van der Waals surface area contributed by atoms with Crippen molar-refractivity contribution in [1.29, 1.82) is 0 Å². The summed E-state index contributed by atoms with van der Waals surface area (Å²) in [4.78, 5) is 6.52. The van der Waals surface area contributed by atoms with Crippen molar-refractivity contribution in [3.8, 4) is 11.3 Å². The van der Waals surface area contributed by atoms with Crippen molar-refractivity contribution in [3.05, 3.63) is 53.2 Å². The summed E-state index contributed by atoms with van der Waals surface area (Å²) in [5.74, 6) is 0.833. The van der Waals surface area contributed by atoms with Gasteiger partial charge in [0.1, 0.15) is 5.69 Å².